The van der Waals surface area contributed by atoms with Crippen molar-refractivity contribution in [1.82, 2.24) is 15.1 Å². The molecule has 0 aliphatic carbocycles. The van der Waals surface area contributed by atoms with E-state index in [9.17, 15) is 0 Å². The van der Waals surface area contributed by atoms with Gasteiger partial charge in [0.1, 0.15) is 31.1 Å². The lowest BCUT2D eigenvalue weighted by Crippen LogP contribution is -2.09. The highest BCUT2D eigenvalue weighted by molar-refractivity contribution is 5.91. The highest BCUT2D eigenvalue weighted by Crippen LogP contribution is 2.34. The van der Waals surface area contributed by atoms with Crippen LogP contribution in [0.3, 0.4) is 0 Å². The predicted molar refractivity (Wildman–Crippen MR) is 124 cm³/mol. The van der Waals surface area contributed by atoms with E-state index in [1.54, 1.807) is 14.2 Å². The van der Waals surface area contributed by atoms with Crippen LogP contribution in [-0.4, -0.2) is 55.8 Å². The third-order valence-corrected chi connectivity index (χ3v) is 4.85. The molecule has 0 aliphatic rings. The summed E-state index contributed by atoms with van der Waals surface area (Å²) in [6, 6.07) is 15.5. The molecule has 0 fully saturated rings. The van der Waals surface area contributed by atoms with Crippen LogP contribution in [0.15, 0.2) is 59.4 Å². The standard InChI is InChI=1S/C24H26N4O5/c1-29-8-10-31-22-13-19-21(14-23(22)32-11-9-30-2)26-16-27-24(19)25-15-18-12-20(28-33-18)17-6-4-3-5-7-17/h3-7,12-14,16H,8-11,15H2,1-2H3,(H,25,26,27). The summed E-state index contributed by atoms with van der Waals surface area (Å²) in [7, 11) is 3.25. The van der Waals surface area contributed by atoms with Crippen LogP contribution in [0.1, 0.15) is 5.76 Å². The molecule has 4 rings (SSSR count). The SMILES string of the molecule is COCCOc1cc2ncnc(NCc3cc(-c4ccccc4)no3)c2cc1OCCOC. The average molecular weight is 450 g/mol. The van der Waals surface area contributed by atoms with Gasteiger partial charge in [0.05, 0.1) is 25.3 Å². The van der Waals surface area contributed by atoms with Crippen molar-refractivity contribution in [2.75, 3.05) is 46.0 Å². The smallest absolute Gasteiger partial charge is 0.163 e. The maximum absolute atomic E-state index is 5.88. The topological polar surface area (TPSA) is 101 Å². The van der Waals surface area contributed by atoms with Gasteiger partial charge in [0, 0.05) is 37.3 Å². The first-order chi connectivity index (χ1) is 16.3. The molecule has 1 N–H and O–H groups in total. The first kappa shape index (κ1) is 22.5. The van der Waals surface area contributed by atoms with Gasteiger partial charge in [-0.1, -0.05) is 35.5 Å². The Morgan fingerprint density at radius 3 is 2.30 bits per heavy atom. The van der Waals surface area contributed by atoms with Crippen molar-refractivity contribution < 1.29 is 23.5 Å². The fourth-order valence-corrected chi connectivity index (χ4v) is 3.21. The van der Waals surface area contributed by atoms with Gasteiger partial charge in [-0.05, 0) is 6.07 Å². The number of hydrogen-bond donors (Lipinski definition) is 1. The summed E-state index contributed by atoms with van der Waals surface area (Å²) < 4.78 is 27.4. The van der Waals surface area contributed by atoms with Gasteiger partial charge in [-0.3, -0.25) is 0 Å². The zero-order valence-corrected chi connectivity index (χ0v) is 18.6. The molecule has 9 heteroatoms. The second-order valence-electron chi connectivity index (χ2n) is 7.12. The summed E-state index contributed by atoms with van der Waals surface area (Å²) >= 11 is 0. The largest absolute Gasteiger partial charge is 0.487 e. The van der Waals surface area contributed by atoms with E-state index in [1.807, 2.05) is 48.5 Å². The van der Waals surface area contributed by atoms with Gasteiger partial charge >= 0.3 is 0 Å². The van der Waals surface area contributed by atoms with Crippen molar-refractivity contribution in [3.05, 3.63) is 60.6 Å². The summed E-state index contributed by atoms with van der Waals surface area (Å²) in [4.78, 5) is 8.79. The first-order valence-corrected chi connectivity index (χ1v) is 10.6. The molecule has 2 aromatic heterocycles. The zero-order chi connectivity index (χ0) is 22.9. The number of aromatic nitrogens is 3. The van der Waals surface area contributed by atoms with Gasteiger partial charge < -0.3 is 28.8 Å². The van der Waals surface area contributed by atoms with Crippen LogP contribution in [0.4, 0.5) is 5.82 Å². The van der Waals surface area contributed by atoms with Crippen molar-refractivity contribution in [1.29, 1.82) is 0 Å². The van der Waals surface area contributed by atoms with E-state index < -0.39 is 0 Å². The monoisotopic (exact) mass is 450 g/mol. The molecule has 0 bridgehead atoms. The summed E-state index contributed by atoms with van der Waals surface area (Å²) in [6.45, 7) is 2.13. The van der Waals surface area contributed by atoms with E-state index in [0.717, 1.165) is 22.2 Å². The molecule has 33 heavy (non-hydrogen) atoms. The number of nitrogens with zero attached hydrogens (tertiary/aromatic N) is 3. The Hall–Kier alpha value is -3.69. The maximum atomic E-state index is 5.88. The van der Waals surface area contributed by atoms with Crippen molar-refractivity contribution >= 4 is 16.7 Å². The number of anilines is 1. The minimum atomic E-state index is 0.388. The lowest BCUT2D eigenvalue weighted by molar-refractivity contribution is 0.132. The second-order valence-corrected chi connectivity index (χ2v) is 7.12. The molecule has 2 heterocycles. The summed E-state index contributed by atoms with van der Waals surface area (Å²) in [5.41, 5.74) is 2.51. The molecular weight excluding hydrogens is 424 g/mol. The fraction of sp³-hybridized carbons (Fsp3) is 0.292. The highest BCUT2D eigenvalue weighted by atomic mass is 16.5. The van der Waals surface area contributed by atoms with Crippen LogP contribution in [0, 0.1) is 0 Å². The number of rotatable bonds is 12. The van der Waals surface area contributed by atoms with Gasteiger partial charge in [-0.2, -0.15) is 0 Å². The Morgan fingerprint density at radius 2 is 1.58 bits per heavy atom. The Morgan fingerprint density at radius 1 is 0.848 bits per heavy atom. The number of nitrogens with one attached hydrogen (secondary N) is 1. The van der Waals surface area contributed by atoms with Crippen LogP contribution < -0.4 is 14.8 Å². The van der Waals surface area contributed by atoms with Crippen molar-refractivity contribution in [3.63, 3.8) is 0 Å². The number of benzene rings is 2. The molecule has 0 unspecified atom stereocenters. The van der Waals surface area contributed by atoms with Gasteiger partial charge in [0.2, 0.25) is 0 Å². The molecular formula is C24H26N4O5. The Balaban J connectivity index is 1.54. The summed E-state index contributed by atoms with van der Waals surface area (Å²) in [6.07, 6.45) is 1.50. The van der Waals surface area contributed by atoms with Gasteiger partial charge in [-0.15, -0.1) is 0 Å². The van der Waals surface area contributed by atoms with Gasteiger partial charge in [-0.25, -0.2) is 9.97 Å². The highest BCUT2D eigenvalue weighted by Gasteiger charge is 2.13. The predicted octanol–water partition coefficient (Wildman–Crippen LogP) is 3.95. The Labute approximate surface area is 191 Å². The number of methoxy groups -OCH3 is 2. The first-order valence-electron chi connectivity index (χ1n) is 10.6. The second kappa shape index (κ2) is 11.3. The maximum Gasteiger partial charge on any atom is 0.163 e. The Bertz CT molecular complexity index is 1170. The van der Waals surface area contributed by atoms with E-state index in [1.165, 1.54) is 6.33 Å². The molecule has 0 atom stereocenters. The molecule has 9 nitrogen and oxygen atoms in total. The molecule has 0 saturated heterocycles. The molecule has 0 amide bonds. The van der Waals surface area contributed by atoms with Crippen LogP contribution >= 0.6 is 0 Å². The summed E-state index contributed by atoms with van der Waals surface area (Å²) in [5, 5.41) is 8.26. The molecule has 2 aromatic carbocycles. The van der Waals surface area contributed by atoms with E-state index in [0.29, 0.717) is 56.0 Å². The minimum Gasteiger partial charge on any atom is -0.487 e. The normalized spacial score (nSPS) is 11.0. The third kappa shape index (κ3) is 5.76. The fourth-order valence-electron chi connectivity index (χ4n) is 3.21. The van der Waals surface area contributed by atoms with Gasteiger partial charge in [0.15, 0.2) is 17.3 Å². The van der Waals surface area contributed by atoms with Crippen molar-refractivity contribution in [3.8, 4) is 22.8 Å². The number of ether oxygens (including phenoxy) is 4. The van der Waals surface area contributed by atoms with Crippen molar-refractivity contribution in [2.45, 2.75) is 6.54 Å². The molecule has 0 spiro atoms. The number of hydrogen-bond acceptors (Lipinski definition) is 9. The molecule has 172 valence electrons. The quantitative estimate of drug-likeness (QED) is 0.322. The summed E-state index contributed by atoms with van der Waals surface area (Å²) in [5.74, 6) is 2.51. The van der Waals surface area contributed by atoms with E-state index in [-0.39, 0.29) is 0 Å². The Kier molecular flexibility index (Phi) is 7.68. The van der Waals surface area contributed by atoms with Crippen molar-refractivity contribution in [2.24, 2.45) is 0 Å². The molecule has 0 radical (unpaired) electrons. The van der Waals surface area contributed by atoms with Crippen LogP contribution in [0.2, 0.25) is 0 Å². The molecule has 0 saturated carbocycles. The zero-order valence-electron chi connectivity index (χ0n) is 18.6. The van der Waals surface area contributed by atoms with Crippen LogP contribution in [0.25, 0.3) is 22.2 Å². The number of fused-ring (bicyclic) bond motifs is 1. The minimum absolute atomic E-state index is 0.388. The molecule has 4 aromatic rings. The van der Waals surface area contributed by atoms with E-state index in [4.69, 9.17) is 23.5 Å². The lowest BCUT2D eigenvalue weighted by atomic mass is 10.1. The molecule has 0 aliphatic heterocycles. The van der Waals surface area contributed by atoms with Crippen LogP contribution in [-0.2, 0) is 16.0 Å². The third-order valence-electron chi connectivity index (χ3n) is 4.85. The average Bonchev–Trinajstić information content (AvgIpc) is 3.33. The lowest BCUT2D eigenvalue weighted by Gasteiger charge is -2.15. The van der Waals surface area contributed by atoms with Gasteiger partial charge in [0.25, 0.3) is 0 Å². The van der Waals surface area contributed by atoms with Crippen LogP contribution in [0.5, 0.6) is 11.5 Å². The van der Waals surface area contributed by atoms with E-state index >= 15 is 0 Å². The van der Waals surface area contributed by atoms with E-state index in [2.05, 4.69) is 20.4 Å².